The molecule has 0 bridgehead atoms. The zero-order chi connectivity index (χ0) is 27.1. The van der Waals surface area contributed by atoms with E-state index in [1.54, 1.807) is 31.2 Å². The van der Waals surface area contributed by atoms with Crippen molar-refractivity contribution in [3.63, 3.8) is 0 Å². The fraction of sp³-hybridized carbons (Fsp3) is 0.133. The molecule has 0 aliphatic heterocycles. The number of anilines is 1. The number of nitriles is 1. The first-order chi connectivity index (χ1) is 18.4. The van der Waals surface area contributed by atoms with Crippen LogP contribution in [0, 0.1) is 25.2 Å². The second-order valence-corrected chi connectivity index (χ2v) is 9.79. The van der Waals surface area contributed by atoms with Crippen molar-refractivity contribution in [1.29, 1.82) is 5.26 Å². The van der Waals surface area contributed by atoms with Crippen molar-refractivity contribution in [2.45, 2.75) is 25.5 Å². The molecule has 8 heteroatoms. The summed E-state index contributed by atoms with van der Waals surface area (Å²) in [7, 11) is 0. The largest absolute Gasteiger partial charge is 0.460 e. The number of rotatable bonds is 8. The number of thioether (sulfide) groups is 1. The number of carbonyl (C=O) groups excluding carboxylic acids is 2. The lowest BCUT2D eigenvalue weighted by atomic mass is 9.94. The Morgan fingerprint density at radius 1 is 1.00 bits per heavy atom. The SMILES string of the molecule is Cc1ccccc1NC(=O)c1c(C)nc(SCC(=O)OCc2ccccc2)c(C#N)c1-c1ccccc1Cl. The molecule has 1 N–H and O–H groups in total. The van der Waals surface area contributed by atoms with Crippen molar-refractivity contribution in [1.82, 2.24) is 4.98 Å². The number of hydrogen-bond donors (Lipinski definition) is 1. The normalized spacial score (nSPS) is 10.5. The smallest absolute Gasteiger partial charge is 0.316 e. The fourth-order valence-electron chi connectivity index (χ4n) is 3.90. The van der Waals surface area contributed by atoms with E-state index in [9.17, 15) is 14.9 Å². The second kappa shape index (κ2) is 12.4. The van der Waals surface area contributed by atoms with Crippen molar-refractivity contribution in [3.05, 3.63) is 112 Å². The molecular weight excluding hydrogens is 518 g/mol. The number of hydrogen-bond acceptors (Lipinski definition) is 6. The first kappa shape index (κ1) is 26.9. The highest BCUT2D eigenvalue weighted by Gasteiger charge is 2.26. The van der Waals surface area contributed by atoms with Crippen LogP contribution >= 0.6 is 23.4 Å². The van der Waals surface area contributed by atoms with E-state index in [-0.39, 0.29) is 23.5 Å². The van der Waals surface area contributed by atoms with Crippen LogP contribution in [0.1, 0.15) is 32.7 Å². The molecule has 0 atom stereocenters. The molecule has 0 radical (unpaired) electrons. The topological polar surface area (TPSA) is 92.1 Å². The molecule has 4 aromatic rings. The molecule has 0 saturated heterocycles. The average Bonchev–Trinajstić information content (AvgIpc) is 2.92. The third kappa shape index (κ3) is 6.23. The number of esters is 1. The van der Waals surface area contributed by atoms with Gasteiger partial charge in [-0.2, -0.15) is 5.26 Å². The van der Waals surface area contributed by atoms with Gasteiger partial charge in [-0.05, 0) is 37.1 Å². The van der Waals surface area contributed by atoms with Gasteiger partial charge in [0.05, 0.1) is 22.6 Å². The van der Waals surface area contributed by atoms with Gasteiger partial charge in [-0.25, -0.2) is 4.98 Å². The predicted molar refractivity (Wildman–Crippen MR) is 150 cm³/mol. The molecule has 1 aromatic heterocycles. The van der Waals surface area contributed by atoms with E-state index in [4.69, 9.17) is 16.3 Å². The first-order valence-electron chi connectivity index (χ1n) is 11.8. The van der Waals surface area contributed by atoms with Crippen molar-refractivity contribution in [2.75, 3.05) is 11.1 Å². The molecule has 190 valence electrons. The average molecular weight is 542 g/mol. The van der Waals surface area contributed by atoms with E-state index >= 15 is 0 Å². The van der Waals surface area contributed by atoms with Gasteiger partial charge in [-0.15, -0.1) is 0 Å². The number of ether oxygens (including phenoxy) is 1. The van der Waals surface area contributed by atoms with Gasteiger partial charge in [0.2, 0.25) is 0 Å². The lowest BCUT2D eigenvalue weighted by molar-refractivity contribution is -0.141. The maximum atomic E-state index is 13.6. The van der Waals surface area contributed by atoms with E-state index in [1.807, 2.05) is 61.5 Å². The number of para-hydroxylation sites is 1. The van der Waals surface area contributed by atoms with E-state index in [2.05, 4.69) is 16.4 Å². The molecule has 6 nitrogen and oxygen atoms in total. The van der Waals surface area contributed by atoms with Crippen LogP contribution in [-0.4, -0.2) is 22.6 Å². The second-order valence-electron chi connectivity index (χ2n) is 8.42. The van der Waals surface area contributed by atoms with Gasteiger partial charge < -0.3 is 10.1 Å². The van der Waals surface area contributed by atoms with Crippen LogP contribution in [0.15, 0.2) is 83.9 Å². The summed E-state index contributed by atoms with van der Waals surface area (Å²) in [6.07, 6.45) is 0. The Bertz CT molecular complexity index is 1530. The molecule has 4 rings (SSSR count). The molecule has 0 aliphatic rings. The summed E-state index contributed by atoms with van der Waals surface area (Å²) in [6.45, 7) is 3.75. The fourth-order valence-corrected chi connectivity index (χ4v) is 4.96. The lowest BCUT2D eigenvalue weighted by Crippen LogP contribution is -2.18. The summed E-state index contributed by atoms with van der Waals surface area (Å²) in [4.78, 5) is 30.6. The van der Waals surface area contributed by atoms with Gasteiger partial charge in [0.1, 0.15) is 17.7 Å². The Morgan fingerprint density at radius 2 is 1.68 bits per heavy atom. The number of pyridine rings is 1. The molecule has 0 aliphatic carbocycles. The molecule has 0 spiro atoms. The van der Waals surface area contributed by atoms with E-state index in [0.717, 1.165) is 22.9 Å². The van der Waals surface area contributed by atoms with Gasteiger partial charge in [0.15, 0.2) is 0 Å². The van der Waals surface area contributed by atoms with Gasteiger partial charge in [-0.3, -0.25) is 9.59 Å². The Labute approximate surface area is 230 Å². The zero-order valence-corrected chi connectivity index (χ0v) is 22.4. The van der Waals surface area contributed by atoms with E-state index in [1.165, 1.54) is 0 Å². The number of halogens is 1. The maximum Gasteiger partial charge on any atom is 0.316 e. The van der Waals surface area contributed by atoms with Crippen LogP contribution in [0.5, 0.6) is 0 Å². The number of nitrogens with zero attached hydrogens (tertiary/aromatic N) is 2. The predicted octanol–water partition coefficient (Wildman–Crippen LogP) is 6.98. The van der Waals surface area contributed by atoms with Gasteiger partial charge in [0.25, 0.3) is 5.91 Å². The lowest BCUT2D eigenvalue weighted by Gasteiger charge is -2.18. The van der Waals surface area contributed by atoms with Crippen molar-refractivity contribution >= 4 is 40.9 Å². The standard InChI is InChI=1S/C30H24ClN3O3S/c1-19-10-6-9-15-25(19)34-29(36)27-20(2)33-30(23(16-32)28(27)22-13-7-8-14-24(22)31)38-18-26(35)37-17-21-11-4-3-5-12-21/h3-15H,17-18H2,1-2H3,(H,34,36). The summed E-state index contributed by atoms with van der Waals surface area (Å²) < 4.78 is 5.37. The minimum Gasteiger partial charge on any atom is -0.460 e. The van der Waals surface area contributed by atoms with Gasteiger partial charge in [0, 0.05) is 21.8 Å². The molecule has 0 unspecified atom stereocenters. The number of aryl methyl sites for hydroxylation is 2. The Kier molecular flexibility index (Phi) is 8.80. The first-order valence-corrected chi connectivity index (χ1v) is 13.1. The Morgan fingerprint density at radius 3 is 2.39 bits per heavy atom. The molecule has 1 amide bonds. The zero-order valence-electron chi connectivity index (χ0n) is 20.8. The van der Waals surface area contributed by atoms with Crippen LogP contribution in [0.3, 0.4) is 0 Å². The summed E-state index contributed by atoms with van der Waals surface area (Å²) in [5.74, 6) is -0.901. The van der Waals surface area contributed by atoms with Crippen LogP contribution in [-0.2, 0) is 16.1 Å². The molecular formula is C30H24ClN3O3S. The monoisotopic (exact) mass is 541 g/mol. The molecule has 38 heavy (non-hydrogen) atoms. The van der Waals surface area contributed by atoms with Crippen LogP contribution in [0.25, 0.3) is 11.1 Å². The highest BCUT2D eigenvalue weighted by molar-refractivity contribution is 7.99. The molecule has 0 saturated carbocycles. The molecule has 0 fully saturated rings. The number of nitrogens with one attached hydrogen (secondary N) is 1. The number of benzene rings is 3. The molecule has 3 aromatic carbocycles. The van der Waals surface area contributed by atoms with Crippen LogP contribution in [0.4, 0.5) is 5.69 Å². The minimum atomic E-state index is -0.442. The van der Waals surface area contributed by atoms with E-state index < -0.39 is 11.9 Å². The quantitative estimate of drug-likeness (QED) is 0.191. The molecule has 1 heterocycles. The van der Waals surface area contributed by atoms with E-state index in [0.29, 0.717) is 32.6 Å². The summed E-state index contributed by atoms with van der Waals surface area (Å²) >= 11 is 7.63. The Hall–Kier alpha value is -4.12. The number of aromatic nitrogens is 1. The summed E-state index contributed by atoms with van der Waals surface area (Å²) in [5, 5.41) is 13.9. The van der Waals surface area contributed by atoms with Crippen LogP contribution in [0.2, 0.25) is 5.02 Å². The number of carbonyl (C=O) groups is 2. The number of amides is 1. The highest BCUT2D eigenvalue weighted by Crippen LogP contribution is 2.38. The highest BCUT2D eigenvalue weighted by atomic mass is 35.5. The van der Waals surface area contributed by atoms with Crippen molar-refractivity contribution in [3.8, 4) is 17.2 Å². The summed E-state index contributed by atoms with van der Waals surface area (Å²) in [6, 6.07) is 26.0. The third-order valence-corrected chi connectivity index (χ3v) is 7.07. The summed E-state index contributed by atoms with van der Waals surface area (Å²) in [5.41, 5.74) is 4.14. The van der Waals surface area contributed by atoms with Crippen molar-refractivity contribution in [2.24, 2.45) is 0 Å². The van der Waals surface area contributed by atoms with Crippen molar-refractivity contribution < 1.29 is 14.3 Å². The third-order valence-electron chi connectivity index (χ3n) is 5.79. The Balaban J connectivity index is 1.69. The van der Waals surface area contributed by atoms with Gasteiger partial charge in [-0.1, -0.05) is 90.1 Å². The maximum absolute atomic E-state index is 13.6. The minimum absolute atomic E-state index is 0.0509. The van der Waals surface area contributed by atoms with Gasteiger partial charge >= 0.3 is 5.97 Å². The van der Waals surface area contributed by atoms with Crippen LogP contribution < -0.4 is 5.32 Å².